The molecule has 0 saturated carbocycles. The van der Waals surface area contributed by atoms with E-state index in [0.717, 1.165) is 29.4 Å². The van der Waals surface area contributed by atoms with Crippen molar-refractivity contribution in [1.29, 1.82) is 0 Å². The van der Waals surface area contributed by atoms with Crippen molar-refractivity contribution in [2.75, 3.05) is 25.9 Å². The molecule has 1 aromatic heterocycles. The zero-order valence-electron chi connectivity index (χ0n) is 14.3. The van der Waals surface area contributed by atoms with E-state index in [1.165, 1.54) is 7.05 Å². The van der Waals surface area contributed by atoms with Crippen molar-refractivity contribution in [3.63, 3.8) is 0 Å². The molecular weight excluding hydrogens is 362 g/mol. The molecule has 1 amide bonds. The summed E-state index contributed by atoms with van der Waals surface area (Å²) in [5.41, 5.74) is 2.37. The van der Waals surface area contributed by atoms with Crippen molar-refractivity contribution in [3.8, 4) is 0 Å². The van der Waals surface area contributed by atoms with Crippen LogP contribution in [0.3, 0.4) is 0 Å². The molecule has 0 aliphatic carbocycles. The van der Waals surface area contributed by atoms with Crippen molar-refractivity contribution in [2.45, 2.75) is 19.8 Å². The minimum absolute atomic E-state index is 0.0387. The molecule has 8 heteroatoms. The fourth-order valence-electron chi connectivity index (χ4n) is 3.41. The number of fused-ring (bicyclic) bond motifs is 1. The van der Waals surface area contributed by atoms with Crippen LogP contribution in [0.2, 0.25) is 5.02 Å². The Morgan fingerprint density at radius 3 is 2.88 bits per heavy atom. The molecule has 0 spiro atoms. The highest BCUT2D eigenvalue weighted by Crippen LogP contribution is 2.27. The summed E-state index contributed by atoms with van der Waals surface area (Å²) in [6.45, 7) is 3.00. The Labute approximate surface area is 152 Å². The van der Waals surface area contributed by atoms with Gasteiger partial charge in [-0.1, -0.05) is 11.6 Å². The lowest BCUT2D eigenvalue weighted by Gasteiger charge is -2.32. The van der Waals surface area contributed by atoms with Crippen LogP contribution in [-0.2, 0) is 10.0 Å². The molecule has 1 atom stereocenters. The number of hydrogen-bond donors (Lipinski definition) is 2. The Balaban J connectivity index is 1.81. The number of aromatic nitrogens is 1. The van der Waals surface area contributed by atoms with E-state index in [0.29, 0.717) is 23.7 Å². The number of hydrogen-bond acceptors (Lipinski definition) is 3. The van der Waals surface area contributed by atoms with Gasteiger partial charge in [0.25, 0.3) is 5.91 Å². The topological polar surface area (TPSA) is 82.3 Å². The van der Waals surface area contributed by atoms with Crippen LogP contribution in [0.5, 0.6) is 0 Å². The lowest BCUT2D eigenvalue weighted by molar-refractivity contribution is 0.0684. The second kappa shape index (κ2) is 6.97. The summed E-state index contributed by atoms with van der Waals surface area (Å²) in [4.78, 5) is 17.8. The Hall–Kier alpha value is -1.57. The van der Waals surface area contributed by atoms with E-state index in [2.05, 4.69) is 9.71 Å². The number of rotatable bonds is 4. The van der Waals surface area contributed by atoms with Crippen LogP contribution in [0.15, 0.2) is 18.2 Å². The molecule has 136 valence electrons. The fraction of sp³-hybridized carbons (Fsp3) is 0.471. The van der Waals surface area contributed by atoms with Crippen LogP contribution in [0.25, 0.3) is 10.9 Å². The van der Waals surface area contributed by atoms with Crippen molar-refractivity contribution in [3.05, 3.63) is 34.5 Å². The summed E-state index contributed by atoms with van der Waals surface area (Å²) in [5, 5.41) is 1.35. The van der Waals surface area contributed by atoms with Crippen LogP contribution in [0, 0.1) is 12.8 Å². The molecule has 1 saturated heterocycles. The van der Waals surface area contributed by atoms with E-state index >= 15 is 0 Å². The van der Waals surface area contributed by atoms with Gasteiger partial charge < -0.3 is 9.88 Å². The number of aryl methyl sites for hydroxylation is 1. The second-order valence-electron chi connectivity index (χ2n) is 6.62. The summed E-state index contributed by atoms with van der Waals surface area (Å²) in [7, 11) is -1.87. The van der Waals surface area contributed by atoms with Crippen LogP contribution < -0.4 is 4.72 Å². The zero-order valence-corrected chi connectivity index (χ0v) is 15.9. The van der Waals surface area contributed by atoms with E-state index in [9.17, 15) is 13.2 Å². The number of halogens is 1. The number of sulfonamides is 1. The molecule has 0 bridgehead atoms. The molecular formula is C17H22ClN3O3S. The van der Waals surface area contributed by atoms with Crippen LogP contribution in [-0.4, -0.2) is 50.1 Å². The van der Waals surface area contributed by atoms with Gasteiger partial charge in [-0.3, -0.25) is 4.79 Å². The molecule has 1 fully saturated rings. The predicted molar refractivity (Wildman–Crippen MR) is 99.5 cm³/mol. The normalized spacial score (nSPS) is 18.7. The molecule has 2 aromatic rings. The molecule has 1 unspecified atom stereocenters. The van der Waals surface area contributed by atoms with E-state index in [1.54, 1.807) is 17.0 Å². The van der Waals surface area contributed by atoms with Crippen molar-refractivity contribution in [2.24, 2.45) is 5.92 Å². The van der Waals surface area contributed by atoms with Gasteiger partial charge in [0.2, 0.25) is 10.0 Å². The molecule has 2 heterocycles. The number of benzene rings is 1. The standard InChI is InChI=1S/C17H22ClN3O3S/c1-11-6-13-7-14(15(18)8-16(13)20-11)17(22)21-5-3-4-12(9-21)10-25(23,24)19-2/h6-8,12,19-20H,3-5,9-10H2,1-2H3. The first-order chi connectivity index (χ1) is 11.8. The largest absolute Gasteiger partial charge is 0.359 e. The monoisotopic (exact) mass is 383 g/mol. The molecule has 1 aliphatic heterocycles. The maximum absolute atomic E-state index is 12.9. The molecule has 1 aromatic carbocycles. The van der Waals surface area contributed by atoms with E-state index in [1.807, 2.05) is 13.0 Å². The maximum atomic E-state index is 12.9. The van der Waals surface area contributed by atoms with Gasteiger partial charge >= 0.3 is 0 Å². The summed E-state index contributed by atoms with van der Waals surface area (Å²) in [6.07, 6.45) is 1.59. The Morgan fingerprint density at radius 1 is 1.40 bits per heavy atom. The number of carbonyl (C=O) groups is 1. The van der Waals surface area contributed by atoms with Gasteiger partial charge in [0.15, 0.2) is 0 Å². The van der Waals surface area contributed by atoms with Gasteiger partial charge in [0.05, 0.1) is 16.3 Å². The predicted octanol–water partition coefficient (Wildman–Crippen LogP) is 2.53. The average molecular weight is 384 g/mol. The van der Waals surface area contributed by atoms with Gasteiger partial charge in [0.1, 0.15) is 0 Å². The number of likely N-dealkylation sites (tertiary alicyclic amines) is 1. The van der Waals surface area contributed by atoms with Crippen LogP contribution in [0.1, 0.15) is 28.9 Å². The van der Waals surface area contributed by atoms with Crippen LogP contribution >= 0.6 is 11.6 Å². The molecule has 0 radical (unpaired) electrons. The van der Waals surface area contributed by atoms with Crippen LogP contribution in [0.4, 0.5) is 0 Å². The number of nitrogens with zero attached hydrogens (tertiary/aromatic N) is 1. The Kier molecular flexibility index (Phi) is 5.09. The number of carbonyl (C=O) groups excluding carboxylic acids is 1. The minimum Gasteiger partial charge on any atom is -0.359 e. The third-order valence-corrected chi connectivity index (χ3v) is 6.49. The third kappa shape index (κ3) is 3.99. The van der Waals surface area contributed by atoms with E-state index < -0.39 is 10.0 Å². The molecule has 2 N–H and O–H groups in total. The van der Waals surface area contributed by atoms with Crippen molar-refractivity contribution >= 4 is 38.4 Å². The van der Waals surface area contributed by atoms with Crippen molar-refractivity contribution in [1.82, 2.24) is 14.6 Å². The summed E-state index contributed by atoms with van der Waals surface area (Å²) < 4.78 is 25.9. The van der Waals surface area contributed by atoms with Gasteiger partial charge in [-0.25, -0.2) is 13.1 Å². The highest BCUT2D eigenvalue weighted by atomic mass is 35.5. The number of amides is 1. The lowest BCUT2D eigenvalue weighted by Crippen LogP contribution is -2.43. The molecule has 1 aliphatic rings. The lowest BCUT2D eigenvalue weighted by atomic mass is 9.99. The maximum Gasteiger partial charge on any atom is 0.255 e. The quantitative estimate of drug-likeness (QED) is 0.851. The third-order valence-electron chi connectivity index (χ3n) is 4.65. The summed E-state index contributed by atoms with van der Waals surface area (Å²) in [6, 6.07) is 5.54. The Morgan fingerprint density at radius 2 is 2.16 bits per heavy atom. The average Bonchev–Trinajstić information content (AvgIpc) is 2.92. The van der Waals surface area contributed by atoms with Gasteiger partial charge in [-0.05, 0) is 50.9 Å². The first-order valence-electron chi connectivity index (χ1n) is 8.28. The van der Waals surface area contributed by atoms with Crippen molar-refractivity contribution < 1.29 is 13.2 Å². The van der Waals surface area contributed by atoms with Gasteiger partial charge in [-0.15, -0.1) is 0 Å². The zero-order chi connectivity index (χ0) is 18.2. The van der Waals surface area contributed by atoms with E-state index in [-0.39, 0.29) is 17.6 Å². The van der Waals surface area contributed by atoms with Gasteiger partial charge in [0, 0.05) is 29.7 Å². The fourth-order valence-corrected chi connectivity index (χ4v) is 4.72. The summed E-state index contributed by atoms with van der Waals surface area (Å²) in [5.74, 6) is -0.165. The SMILES string of the molecule is CNS(=O)(=O)CC1CCCN(C(=O)c2cc3cc(C)[nH]c3cc2Cl)C1. The minimum atomic E-state index is -3.29. The molecule has 3 rings (SSSR count). The second-order valence-corrected chi connectivity index (χ2v) is 8.99. The smallest absolute Gasteiger partial charge is 0.255 e. The first kappa shape index (κ1) is 18.2. The number of H-pyrrole nitrogens is 1. The first-order valence-corrected chi connectivity index (χ1v) is 10.3. The van der Waals surface area contributed by atoms with E-state index in [4.69, 9.17) is 11.6 Å². The Bertz CT molecular complexity index is 907. The summed E-state index contributed by atoms with van der Waals surface area (Å²) >= 11 is 6.32. The molecule has 25 heavy (non-hydrogen) atoms. The number of aromatic amines is 1. The number of piperidine rings is 1. The van der Waals surface area contributed by atoms with Gasteiger partial charge in [-0.2, -0.15) is 0 Å². The highest BCUT2D eigenvalue weighted by Gasteiger charge is 2.28. The molecule has 6 nitrogen and oxygen atoms in total. The number of nitrogens with one attached hydrogen (secondary N) is 2. The highest BCUT2D eigenvalue weighted by molar-refractivity contribution is 7.89.